The summed E-state index contributed by atoms with van der Waals surface area (Å²) in [7, 11) is 2.99. The molecular weight excluding hydrogens is 544 g/mol. The van der Waals surface area contributed by atoms with Gasteiger partial charge >= 0.3 is 12.0 Å². The molecule has 0 spiro atoms. The number of benzene rings is 2. The van der Waals surface area contributed by atoms with Gasteiger partial charge in [-0.15, -0.1) is 6.58 Å². The minimum atomic E-state index is -0.772. The third-order valence-corrected chi connectivity index (χ3v) is 6.07. The van der Waals surface area contributed by atoms with E-state index in [1.54, 1.807) is 51.3 Å². The largest absolute Gasteiger partial charge is 0.493 e. The van der Waals surface area contributed by atoms with Gasteiger partial charge in [-0.1, -0.05) is 12.1 Å². The first-order valence-electron chi connectivity index (χ1n) is 13.3. The van der Waals surface area contributed by atoms with Crippen molar-refractivity contribution in [1.82, 2.24) is 16.1 Å². The number of esters is 1. The normalized spacial score (nSPS) is 14.5. The Morgan fingerprint density at radius 3 is 2.48 bits per heavy atom. The van der Waals surface area contributed by atoms with E-state index in [2.05, 4.69) is 27.7 Å². The highest BCUT2D eigenvalue weighted by molar-refractivity contribution is 5.95. The Kier molecular flexibility index (Phi) is 11.4. The number of allylic oxidation sites excluding steroid dienone is 2. The summed E-state index contributed by atoms with van der Waals surface area (Å²) in [6.07, 6.45) is 3.82. The second-order valence-electron chi connectivity index (χ2n) is 8.92. The number of hydrazone groups is 1. The lowest BCUT2D eigenvalue weighted by Gasteiger charge is -2.28. The molecule has 12 nitrogen and oxygen atoms in total. The van der Waals surface area contributed by atoms with Crippen LogP contribution in [-0.4, -0.2) is 58.2 Å². The molecule has 2 aromatic carbocycles. The molecule has 0 aromatic heterocycles. The van der Waals surface area contributed by atoms with Gasteiger partial charge < -0.3 is 34.3 Å². The molecule has 12 heteroatoms. The summed E-state index contributed by atoms with van der Waals surface area (Å²) in [5.74, 6) is 0.713. The molecule has 0 aliphatic carbocycles. The molecular formula is C30H36N4O8. The highest BCUT2D eigenvalue weighted by Gasteiger charge is 2.32. The smallest absolute Gasteiger partial charge is 0.338 e. The molecule has 0 radical (unpaired) electrons. The fourth-order valence-electron chi connectivity index (χ4n) is 4.29. The fourth-order valence-corrected chi connectivity index (χ4v) is 4.29. The molecule has 3 rings (SSSR count). The molecule has 224 valence electrons. The van der Waals surface area contributed by atoms with Gasteiger partial charge in [-0.3, -0.25) is 4.79 Å². The zero-order valence-electron chi connectivity index (χ0n) is 24.4. The van der Waals surface area contributed by atoms with E-state index in [0.29, 0.717) is 47.1 Å². The van der Waals surface area contributed by atoms with E-state index < -0.39 is 23.9 Å². The predicted octanol–water partition coefficient (Wildman–Crippen LogP) is 3.55. The van der Waals surface area contributed by atoms with E-state index >= 15 is 0 Å². The SMILES string of the molecule is C=CCc1cc(/C=N\NC(=O)COc2ccc([C@H]3NC(=O)NC(C)=C3C(=O)OCC)cc2OC)cc(OC)c1OCC. The van der Waals surface area contributed by atoms with Crippen LogP contribution >= 0.6 is 0 Å². The van der Waals surface area contributed by atoms with Gasteiger partial charge in [-0.2, -0.15) is 5.10 Å². The van der Waals surface area contributed by atoms with Crippen molar-refractivity contribution >= 4 is 24.1 Å². The number of carbonyl (C=O) groups excluding carboxylic acids is 3. The lowest BCUT2D eigenvalue weighted by molar-refractivity contribution is -0.139. The number of hydrogen-bond acceptors (Lipinski definition) is 9. The van der Waals surface area contributed by atoms with Crippen LogP contribution in [0, 0.1) is 0 Å². The highest BCUT2D eigenvalue weighted by Crippen LogP contribution is 2.35. The average Bonchev–Trinajstić information content (AvgIpc) is 2.96. The van der Waals surface area contributed by atoms with E-state index in [1.165, 1.54) is 13.3 Å². The summed E-state index contributed by atoms with van der Waals surface area (Å²) in [5, 5.41) is 9.35. The molecule has 0 saturated carbocycles. The van der Waals surface area contributed by atoms with Gasteiger partial charge in [0.2, 0.25) is 0 Å². The van der Waals surface area contributed by atoms with Gasteiger partial charge in [0.1, 0.15) is 0 Å². The number of nitrogens with zero attached hydrogens (tertiary/aromatic N) is 1. The Balaban J connectivity index is 1.69. The van der Waals surface area contributed by atoms with Crippen LogP contribution in [0.15, 0.2) is 59.4 Å². The van der Waals surface area contributed by atoms with Gasteiger partial charge in [0.05, 0.1) is 45.3 Å². The van der Waals surface area contributed by atoms with Crippen molar-refractivity contribution in [3.05, 3.63) is 70.9 Å². The zero-order chi connectivity index (χ0) is 30.6. The van der Waals surface area contributed by atoms with Crippen molar-refractivity contribution in [2.45, 2.75) is 33.2 Å². The summed E-state index contributed by atoms with van der Waals surface area (Å²) in [4.78, 5) is 37.2. The molecule has 1 aliphatic heterocycles. The van der Waals surface area contributed by atoms with E-state index in [9.17, 15) is 14.4 Å². The van der Waals surface area contributed by atoms with Crippen LogP contribution in [0.5, 0.6) is 23.0 Å². The first-order chi connectivity index (χ1) is 20.3. The van der Waals surface area contributed by atoms with Crippen molar-refractivity contribution in [2.75, 3.05) is 34.0 Å². The van der Waals surface area contributed by atoms with Crippen LogP contribution in [0.3, 0.4) is 0 Å². The minimum Gasteiger partial charge on any atom is -0.493 e. The maximum Gasteiger partial charge on any atom is 0.338 e. The topological polar surface area (TPSA) is 146 Å². The maximum absolute atomic E-state index is 12.6. The summed E-state index contributed by atoms with van der Waals surface area (Å²) < 4.78 is 27.5. The highest BCUT2D eigenvalue weighted by atomic mass is 16.5. The Hall–Kier alpha value is -5.00. The second kappa shape index (κ2) is 15.1. The van der Waals surface area contributed by atoms with E-state index in [-0.39, 0.29) is 24.5 Å². The van der Waals surface area contributed by atoms with Crippen molar-refractivity contribution in [1.29, 1.82) is 0 Å². The van der Waals surface area contributed by atoms with Crippen molar-refractivity contribution in [3.8, 4) is 23.0 Å². The van der Waals surface area contributed by atoms with Crippen molar-refractivity contribution in [2.24, 2.45) is 5.10 Å². The third-order valence-electron chi connectivity index (χ3n) is 6.07. The Morgan fingerprint density at radius 1 is 1.05 bits per heavy atom. The number of rotatable bonds is 14. The second-order valence-corrected chi connectivity index (χ2v) is 8.92. The molecule has 1 aliphatic rings. The minimum absolute atomic E-state index is 0.184. The number of urea groups is 1. The number of methoxy groups -OCH3 is 2. The number of hydrogen-bond donors (Lipinski definition) is 3. The average molecular weight is 581 g/mol. The molecule has 0 fully saturated rings. The number of nitrogens with one attached hydrogen (secondary N) is 3. The fraction of sp³-hybridized carbons (Fsp3) is 0.333. The summed E-state index contributed by atoms with van der Waals surface area (Å²) in [6.45, 7) is 9.32. The number of amides is 3. The van der Waals surface area contributed by atoms with Gasteiger partial charge in [0.25, 0.3) is 5.91 Å². The van der Waals surface area contributed by atoms with E-state index in [0.717, 1.165) is 5.56 Å². The zero-order valence-corrected chi connectivity index (χ0v) is 24.4. The maximum atomic E-state index is 12.6. The van der Waals surface area contributed by atoms with Crippen molar-refractivity contribution < 1.29 is 38.1 Å². The molecule has 1 atom stereocenters. The van der Waals surface area contributed by atoms with Crippen LogP contribution in [0.2, 0.25) is 0 Å². The van der Waals surface area contributed by atoms with Crippen LogP contribution < -0.4 is 35.0 Å². The van der Waals surface area contributed by atoms with Crippen LogP contribution in [0.4, 0.5) is 4.79 Å². The Labute approximate surface area is 244 Å². The summed E-state index contributed by atoms with van der Waals surface area (Å²) >= 11 is 0. The van der Waals surface area contributed by atoms with Gasteiger partial charge in [0.15, 0.2) is 29.6 Å². The summed E-state index contributed by atoms with van der Waals surface area (Å²) in [5.41, 5.74) is 5.22. The number of carbonyl (C=O) groups is 3. The first-order valence-corrected chi connectivity index (χ1v) is 13.3. The Morgan fingerprint density at radius 2 is 1.81 bits per heavy atom. The molecule has 3 amide bonds. The molecule has 3 N–H and O–H groups in total. The molecule has 0 saturated heterocycles. The van der Waals surface area contributed by atoms with Crippen LogP contribution in [-0.2, 0) is 20.7 Å². The molecule has 0 bridgehead atoms. The van der Waals surface area contributed by atoms with E-state index in [1.807, 2.05) is 13.0 Å². The molecule has 0 unspecified atom stereocenters. The first kappa shape index (κ1) is 31.5. The van der Waals surface area contributed by atoms with Crippen molar-refractivity contribution in [3.63, 3.8) is 0 Å². The van der Waals surface area contributed by atoms with E-state index in [4.69, 9.17) is 23.7 Å². The molecule has 1 heterocycles. The van der Waals surface area contributed by atoms with Gasteiger partial charge in [-0.25, -0.2) is 15.0 Å². The Bertz CT molecular complexity index is 1390. The quantitative estimate of drug-likeness (QED) is 0.133. The lowest BCUT2D eigenvalue weighted by Crippen LogP contribution is -2.45. The molecule has 2 aromatic rings. The summed E-state index contributed by atoms with van der Waals surface area (Å²) in [6, 6.07) is 7.28. The van der Waals surface area contributed by atoms with Gasteiger partial charge in [0, 0.05) is 11.3 Å². The monoisotopic (exact) mass is 580 g/mol. The lowest BCUT2D eigenvalue weighted by atomic mass is 9.95. The van der Waals surface area contributed by atoms with Crippen LogP contribution in [0.25, 0.3) is 0 Å². The molecule has 42 heavy (non-hydrogen) atoms. The third kappa shape index (κ3) is 7.80. The van der Waals surface area contributed by atoms with Gasteiger partial charge in [-0.05, 0) is 62.6 Å². The number of ether oxygens (including phenoxy) is 5. The van der Waals surface area contributed by atoms with Crippen LogP contribution in [0.1, 0.15) is 43.5 Å². The predicted molar refractivity (Wildman–Crippen MR) is 156 cm³/mol. The standard InChI is InChI=1S/C30H36N4O8/c1-7-10-21-13-19(14-24(39-6)28(21)40-8-2)16-31-34-25(35)17-42-22-12-11-20(15-23(22)38-5)27-26(29(36)41-9-3)18(4)32-30(37)33-27/h7,11-16,27H,1,8-10,17H2,2-6H3,(H,34,35)(H2,32,33,37)/b31-16-/t27-/m1/s1.